The van der Waals surface area contributed by atoms with Gasteiger partial charge in [-0.2, -0.15) is 10.1 Å². The van der Waals surface area contributed by atoms with Gasteiger partial charge in [-0.25, -0.2) is 4.39 Å². The molecule has 0 saturated heterocycles. The Morgan fingerprint density at radius 1 is 1.21 bits per heavy atom. The Balaban J connectivity index is 1.69. The summed E-state index contributed by atoms with van der Waals surface area (Å²) in [5.41, 5.74) is 0.900. The number of carbonyl (C=O) groups is 2. The zero-order chi connectivity index (χ0) is 17.1. The van der Waals surface area contributed by atoms with Crippen LogP contribution in [0.2, 0.25) is 0 Å². The fraction of sp³-hybridized carbons (Fsp3) is 0.118. The van der Waals surface area contributed by atoms with Crippen LogP contribution in [0.25, 0.3) is 0 Å². The predicted octanol–water partition coefficient (Wildman–Crippen LogP) is 3.00. The van der Waals surface area contributed by atoms with E-state index in [2.05, 4.69) is 26.3 Å². The van der Waals surface area contributed by atoms with E-state index >= 15 is 0 Å². The van der Waals surface area contributed by atoms with Gasteiger partial charge in [0, 0.05) is 0 Å². The van der Waals surface area contributed by atoms with Gasteiger partial charge >= 0.3 is 0 Å². The first-order chi connectivity index (χ1) is 11.5. The average molecular weight is 390 g/mol. The Morgan fingerprint density at radius 3 is 2.71 bits per heavy atom. The van der Waals surface area contributed by atoms with Crippen LogP contribution in [-0.2, 0) is 16.0 Å². The molecule has 2 amide bonds. The highest BCUT2D eigenvalue weighted by Crippen LogP contribution is 2.20. The van der Waals surface area contributed by atoms with Gasteiger partial charge in [0.05, 0.1) is 23.0 Å². The van der Waals surface area contributed by atoms with E-state index in [4.69, 9.17) is 0 Å². The van der Waals surface area contributed by atoms with E-state index < -0.39 is 11.7 Å². The third-order valence-electron chi connectivity index (χ3n) is 3.44. The van der Waals surface area contributed by atoms with Gasteiger partial charge in [-0.05, 0) is 39.7 Å². The third kappa shape index (κ3) is 3.51. The zero-order valence-electron chi connectivity index (χ0n) is 12.5. The highest BCUT2D eigenvalue weighted by atomic mass is 79.9. The van der Waals surface area contributed by atoms with Crippen LogP contribution < -0.4 is 10.3 Å². The fourth-order valence-corrected chi connectivity index (χ4v) is 2.74. The Morgan fingerprint density at radius 2 is 1.96 bits per heavy atom. The number of halogens is 2. The van der Waals surface area contributed by atoms with E-state index in [1.165, 1.54) is 11.1 Å². The molecule has 7 heteroatoms. The van der Waals surface area contributed by atoms with E-state index in [1.807, 2.05) is 6.07 Å². The van der Waals surface area contributed by atoms with Gasteiger partial charge in [0.15, 0.2) is 0 Å². The van der Waals surface area contributed by atoms with Crippen LogP contribution in [0, 0.1) is 5.82 Å². The molecule has 0 atom stereocenters. The van der Waals surface area contributed by atoms with Gasteiger partial charge in [-0.15, -0.1) is 0 Å². The molecule has 0 spiro atoms. The first-order valence-electron chi connectivity index (χ1n) is 7.23. The van der Waals surface area contributed by atoms with Crippen molar-refractivity contribution in [3.63, 3.8) is 0 Å². The lowest BCUT2D eigenvalue weighted by Gasteiger charge is -2.10. The smallest absolute Gasteiger partial charge is 0.255 e. The number of carbonyl (C=O) groups excluding carboxylic acids is 2. The lowest BCUT2D eigenvalue weighted by atomic mass is 10.1. The molecule has 1 N–H and O–H groups in total. The predicted molar refractivity (Wildman–Crippen MR) is 91.9 cm³/mol. The summed E-state index contributed by atoms with van der Waals surface area (Å²) in [6, 6.07) is 13.7. The van der Waals surface area contributed by atoms with E-state index in [0.717, 1.165) is 0 Å². The minimum atomic E-state index is -0.469. The Labute approximate surface area is 146 Å². The number of hydrogen-bond donors (Lipinski definition) is 1. The first kappa shape index (κ1) is 16.3. The Kier molecular flexibility index (Phi) is 4.71. The number of amidine groups is 1. The van der Waals surface area contributed by atoms with Crippen molar-refractivity contribution in [1.29, 1.82) is 0 Å². The summed E-state index contributed by atoms with van der Waals surface area (Å²) in [6.45, 7) is 0. The maximum Gasteiger partial charge on any atom is 0.255 e. The second-order valence-electron chi connectivity index (χ2n) is 5.20. The summed E-state index contributed by atoms with van der Waals surface area (Å²) >= 11 is 3.08. The summed E-state index contributed by atoms with van der Waals surface area (Å²) in [5, 5.41) is 7.94. The molecule has 0 unspecified atom stereocenters. The van der Waals surface area contributed by atoms with Crippen molar-refractivity contribution in [3.8, 4) is 0 Å². The molecule has 0 radical (unpaired) electrons. The van der Waals surface area contributed by atoms with Gasteiger partial charge < -0.3 is 5.32 Å². The zero-order valence-corrected chi connectivity index (χ0v) is 14.1. The summed E-state index contributed by atoms with van der Waals surface area (Å²) in [5.74, 6) is -0.870. The maximum atomic E-state index is 13.9. The van der Waals surface area contributed by atoms with Crippen molar-refractivity contribution in [2.24, 2.45) is 5.10 Å². The molecular weight excluding hydrogens is 377 g/mol. The van der Waals surface area contributed by atoms with Gasteiger partial charge in [0.2, 0.25) is 5.91 Å². The standard InChI is InChI=1S/C17H13BrFN3O2/c18-13-8-4-5-11(17(13)19)9-15(23)20-14-10-16(24)22(21-14)12-6-2-1-3-7-12/h1-8H,9-10H2,(H,20,21,23). The van der Waals surface area contributed by atoms with Crippen LogP contribution in [0.5, 0.6) is 0 Å². The number of benzene rings is 2. The summed E-state index contributed by atoms with van der Waals surface area (Å²) in [4.78, 5) is 24.1. The normalized spacial score (nSPS) is 13.8. The molecule has 5 nitrogen and oxygen atoms in total. The van der Waals surface area contributed by atoms with Crippen LogP contribution in [0.3, 0.4) is 0 Å². The molecule has 24 heavy (non-hydrogen) atoms. The van der Waals surface area contributed by atoms with Crippen LogP contribution in [0.4, 0.5) is 10.1 Å². The van der Waals surface area contributed by atoms with Crippen molar-refractivity contribution in [1.82, 2.24) is 5.32 Å². The molecule has 122 valence electrons. The van der Waals surface area contributed by atoms with E-state index in [9.17, 15) is 14.0 Å². The molecule has 1 aliphatic rings. The topological polar surface area (TPSA) is 61.8 Å². The lowest BCUT2D eigenvalue weighted by molar-refractivity contribution is -0.119. The molecule has 0 bridgehead atoms. The molecule has 1 aliphatic heterocycles. The maximum absolute atomic E-state index is 13.9. The molecule has 2 aromatic rings. The SMILES string of the molecule is O=C(Cc1cccc(Br)c1F)NC1=NN(c2ccccc2)C(=O)C1. The van der Waals surface area contributed by atoms with Gasteiger partial charge in [-0.3, -0.25) is 9.59 Å². The van der Waals surface area contributed by atoms with Crippen LogP contribution in [-0.4, -0.2) is 17.6 Å². The highest BCUT2D eigenvalue weighted by Gasteiger charge is 2.26. The average Bonchev–Trinajstić information content (AvgIpc) is 2.93. The van der Waals surface area contributed by atoms with Crippen molar-refractivity contribution in [3.05, 3.63) is 64.4 Å². The molecule has 0 aliphatic carbocycles. The Hall–Kier alpha value is -2.54. The van der Waals surface area contributed by atoms with E-state index in [0.29, 0.717) is 10.2 Å². The minimum Gasteiger partial charge on any atom is -0.312 e. The van der Waals surface area contributed by atoms with Gasteiger partial charge in [0.1, 0.15) is 11.7 Å². The number of anilines is 1. The monoisotopic (exact) mass is 389 g/mol. The summed E-state index contributed by atoms with van der Waals surface area (Å²) in [6.07, 6.45) is -0.134. The quantitative estimate of drug-likeness (QED) is 0.876. The number of nitrogens with one attached hydrogen (secondary N) is 1. The van der Waals surface area contributed by atoms with Crippen LogP contribution in [0.1, 0.15) is 12.0 Å². The number of amides is 2. The fourth-order valence-electron chi connectivity index (χ4n) is 2.33. The minimum absolute atomic E-state index is 0.00159. The third-order valence-corrected chi connectivity index (χ3v) is 4.06. The van der Waals surface area contributed by atoms with Crippen molar-refractivity contribution < 1.29 is 14.0 Å². The van der Waals surface area contributed by atoms with Crippen LogP contribution in [0.15, 0.2) is 58.1 Å². The van der Waals surface area contributed by atoms with Gasteiger partial charge in [0.25, 0.3) is 5.91 Å². The number of hydrogen-bond acceptors (Lipinski definition) is 3. The summed E-state index contributed by atoms with van der Waals surface area (Å²) in [7, 11) is 0. The van der Waals surface area contributed by atoms with Crippen LogP contribution >= 0.6 is 15.9 Å². The molecule has 3 rings (SSSR count). The number of para-hydroxylation sites is 1. The van der Waals surface area contributed by atoms with Gasteiger partial charge in [-0.1, -0.05) is 30.3 Å². The number of hydrazone groups is 1. The molecular formula is C17H13BrFN3O2. The molecule has 0 fully saturated rings. The summed E-state index contributed by atoms with van der Waals surface area (Å²) < 4.78 is 14.2. The largest absolute Gasteiger partial charge is 0.312 e. The second kappa shape index (κ2) is 6.92. The van der Waals surface area contributed by atoms with Crippen molar-refractivity contribution in [2.45, 2.75) is 12.8 Å². The Bertz CT molecular complexity index is 824. The van der Waals surface area contributed by atoms with E-state index in [1.54, 1.807) is 36.4 Å². The molecule has 1 heterocycles. The molecule has 0 saturated carbocycles. The first-order valence-corrected chi connectivity index (χ1v) is 8.02. The molecule has 0 aromatic heterocycles. The van der Waals surface area contributed by atoms with Crippen molar-refractivity contribution >= 4 is 39.3 Å². The number of rotatable bonds is 3. The molecule has 2 aromatic carbocycles. The lowest BCUT2D eigenvalue weighted by Crippen LogP contribution is -2.31. The van der Waals surface area contributed by atoms with Crippen molar-refractivity contribution in [2.75, 3.05) is 5.01 Å². The van der Waals surface area contributed by atoms with E-state index in [-0.39, 0.29) is 30.1 Å². The number of nitrogens with zero attached hydrogens (tertiary/aromatic N) is 2. The second-order valence-corrected chi connectivity index (χ2v) is 6.06. The highest BCUT2D eigenvalue weighted by molar-refractivity contribution is 9.10.